The molecule has 1 aromatic rings. The standard InChI is InChI=1S/C12H15NO2/c1-8-4-5-13-9(6-8)12(10(14)15)7-11(12,2)3/h4-6H,7H2,1-3H3,(H,14,15). The minimum absolute atomic E-state index is 0.181. The molecule has 0 spiro atoms. The quantitative estimate of drug-likeness (QED) is 0.804. The van der Waals surface area contributed by atoms with E-state index in [9.17, 15) is 9.90 Å². The van der Waals surface area contributed by atoms with Gasteiger partial charge < -0.3 is 5.11 Å². The summed E-state index contributed by atoms with van der Waals surface area (Å²) in [7, 11) is 0. The van der Waals surface area contributed by atoms with Gasteiger partial charge in [-0.3, -0.25) is 9.78 Å². The van der Waals surface area contributed by atoms with Crippen molar-refractivity contribution in [3.05, 3.63) is 29.6 Å². The van der Waals surface area contributed by atoms with Gasteiger partial charge in [-0.05, 0) is 36.5 Å². The third kappa shape index (κ3) is 1.26. The normalized spacial score (nSPS) is 27.4. The molecule has 0 bridgehead atoms. The summed E-state index contributed by atoms with van der Waals surface area (Å²) in [5, 5.41) is 9.34. The zero-order valence-corrected chi connectivity index (χ0v) is 9.24. The molecule has 1 unspecified atom stereocenters. The molecule has 1 aliphatic carbocycles. The van der Waals surface area contributed by atoms with Crippen molar-refractivity contribution in [3.63, 3.8) is 0 Å². The predicted molar refractivity (Wildman–Crippen MR) is 56.7 cm³/mol. The molecule has 0 amide bonds. The largest absolute Gasteiger partial charge is 0.481 e. The highest BCUT2D eigenvalue weighted by molar-refractivity contribution is 5.86. The average Bonchev–Trinajstić information content (AvgIpc) is 2.71. The molecule has 3 nitrogen and oxygen atoms in total. The van der Waals surface area contributed by atoms with Crippen LogP contribution < -0.4 is 0 Å². The summed E-state index contributed by atoms with van der Waals surface area (Å²) < 4.78 is 0. The summed E-state index contributed by atoms with van der Waals surface area (Å²) in [4.78, 5) is 15.6. The lowest BCUT2D eigenvalue weighted by atomic mass is 9.91. The molecule has 1 atom stereocenters. The van der Waals surface area contributed by atoms with Crippen molar-refractivity contribution in [1.82, 2.24) is 4.98 Å². The third-order valence-corrected chi connectivity index (χ3v) is 3.46. The fourth-order valence-corrected chi connectivity index (χ4v) is 2.30. The number of carboxylic acid groups (broad SMARTS) is 1. The van der Waals surface area contributed by atoms with Crippen LogP contribution in [0.2, 0.25) is 0 Å². The van der Waals surface area contributed by atoms with Gasteiger partial charge in [-0.1, -0.05) is 13.8 Å². The van der Waals surface area contributed by atoms with Crippen LogP contribution in [0.4, 0.5) is 0 Å². The Hall–Kier alpha value is -1.38. The highest BCUT2D eigenvalue weighted by Gasteiger charge is 2.68. The summed E-state index contributed by atoms with van der Waals surface area (Å²) in [5.74, 6) is -0.759. The molecule has 80 valence electrons. The average molecular weight is 205 g/mol. The number of carbonyl (C=O) groups is 1. The first-order chi connectivity index (χ1) is 6.90. The van der Waals surface area contributed by atoms with Crippen LogP contribution in [0.25, 0.3) is 0 Å². The summed E-state index contributed by atoms with van der Waals surface area (Å²) >= 11 is 0. The number of pyridine rings is 1. The summed E-state index contributed by atoms with van der Waals surface area (Å²) in [6.45, 7) is 5.91. The van der Waals surface area contributed by atoms with Crippen molar-refractivity contribution in [2.45, 2.75) is 32.6 Å². The number of aromatic nitrogens is 1. The number of aliphatic carboxylic acids is 1. The van der Waals surface area contributed by atoms with E-state index in [1.807, 2.05) is 32.9 Å². The SMILES string of the molecule is Cc1ccnc(C2(C(=O)O)CC2(C)C)c1. The van der Waals surface area contributed by atoms with Crippen molar-refractivity contribution < 1.29 is 9.90 Å². The van der Waals surface area contributed by atoms with E-state index in [2.05, 4.69) is 4.98 Å². The zero-order chi connectivity index (χ0) is 11.3. The minimum Gasteiger partial charge on any atom is -0.481 e. The number of aryl methyl sites for hydroxylation is 1. The first kappa shape index (κ1) is 10.1. The first-order valence-electron chi connectivity index (χ1n) is 5.07. The Labute approximate surface area is 89.2 Å². The second-order valence-electron chi connectivity index (χ2n) is 4.99. The second-order valence-corrected chi connectivity index (χ2v) is 4.99. The van der Waals surface area contributed by atoms with Gasteiger partial charge in [0.1, 0.15) is 5.41 Å². The molecule has 1 saturated carbocycles. The van der Waals surface area contributed by atoms with Crippen molar-refractivity contribution in [1.29, 1.82) is 0 Å². The van der Waals surface area contributed by atoms with Crippen LogP contribution in [0.1, 0.15) is 31.5 Å². The van der Waals surface area contributed by atoms with Gasteiger partial charge in [0, 0.05) is 6.20 Å². The van der Waals surface area contributed by atoms with Gasteiger partial charge in [0.2, 0.25) is 0 Å². The van der Waals surface area contributed by atoms with Crippen molar-refractivity contribution >= 4 is 5.97 Å². The molecule has 3 heteroatoms. The van der Waals surface area contributed by atoms with Gasteiger partial charge in [0.15, 0.2) is 0 Å². The Morgan fingerprint density at radius 3 is 2.53 bits per heavy atom. The number of hydrogen-bond donors (Lipinski definition) is 1. The van der Waals surface area contributed by atoms with E-state index in [4.69, 9.17) is 0 Å². The maximum absolute atomic E-state index is 11.4. The van der Waals surface area contributed by atoms with Gasteiger partial charge in [-0.15, -0.1) is 0 Å². The predicted octanol–water partition coefficient (Wildman–Crippen LogP) is 2.14. The van der Waals surface area contributed by atoms with Crippen molar-refractivity contribution in [2.24, 2.45) is 5.41 Å². The van der Waals surface area contributed by atoms with E-state index in [0.717, 1.165) is 5.56 Å². The van der Waals surface area contributed by atoms with Gasteiger partial charge in [0.05, 0.1) is 5.69 Å². The topological polar surface area (TPSA) is 50.2 Å². The molecule has 1 aromatic heterocycles. The fraction of sp³-hybridized carbons (Fsp3) is 0.500. The maximum Gasteiger partial charge on any atom is 0.316 e. The van der Waals surface area contributed by atoms with Crippen LogP contribution >= 0.6 is 0 Å². The van der Waals surface area contributed by atoms with Gasteiger partial charge in [-0.25, -0.2) is 0 Å². The molecular weight excluding hydrogens is 190 g/mol. The second kappa shape index (κ2) is 2.81. The molecular formula is C12H15NO2. The van der Waals surface area contributed by atoms with Gasteiger partial charge >= 0.3 is 5.97 Å². The molecule has 0 aliphatic heterocycles. The molecule has 0 aromatic carbocycles. The van der Waals surface area contributed by atoms with Gasteiger partial charge in [0.25, 0.3) is 0 Å². The smallest absolute Gasteiger partial charge is 0.316 e. The molecule has 0 radical (unpaired) electrons. The highest BCUT2D eigenvalue weighted by atomic mass is 16.4. The van der Waals surface area contributed by atoms with Crippen LogP contribution in [-0.4, -0.2) is 16.1 Å². The Morgan fingerprint density at radius 1 is 1.53 bits per heavy atom. The molecule has 15 heavy (non-hydrogen) atoms. The van der Waals surface area contributed by atoms with E-state index in [-0.39, 0.29) is 5.41 Å². The van der Waals surface area contributed by atoms with E-state index >= 15 is 0 Å². The molecule has 2 rings (SSSR count). The lowest BCUT2D eigenvalue weighted by Crippen LogP contribution is -2.26. The lowest BCUT2D eigenvalue weighted by molar-refractivity contribution is -0.141. The molecule has 0 saturated heterocycles. The van der Waals surface area contributed by atoms with Crippen LogP contribution in [-0.2, 0) is 10.2 Å². The summed E-state index contributed by atoms with van der Waals surface area (Å²) in [6.07, 6.45) is 2.36. The van der Waals surface area contributed by atoms with Crippen molar-refractivity contribution in [3.8, 4) is 0 Å². The number of hydrogen-bond acceptors (Lipinski definition) is 2. The molecule has 1 fully saturated rings. The number of nitrogens with zero attached hydrogens (tertiary/aromatic N) is 1. The summed E-state index contributed by atoms with van der Waals surface area (Å²) in [5.41, 5.74) is 0.807. The third-order valence-electron chi connectivity index (χ3n) is 3.46. The van der Waals surface area contributed by atoms with Crippen molar-refractivity contribution in [2.75, 3.05) is 0 Å². The Kier molecular flexibility index (Phi) is 1.90. The Morgan fingerprint density at radius 2 is 2.13 bits per heavy atom. The molecule has 1 aliphatic rings. The van der Waals surface area contributed by atoms with E-state index in [0.29, 0.717) is 12.1 Å². The fourth-order valence-electron chi connectivity index (χ4n) is 2.30. The Balaban J connectivity index is 2.50. The molecule has 1 N–H and O–H groups in total. The van der Waals surface area contributed by atoms with E-state index < -0.39 is 11.4 Å². The number of rotatable bonds is 2. The monoisotopic (exact) mass is 205 g/mol. The van der Waals surface area contributed by atoms with Gasteiger partial charge in [-0.2, -0.15) is 0 Å². The van der Waals surface area contributed by atoms with Crippen LogP contribution in [0, 0.1) is 12.3 Å². The highest BCUT2D eigenvalue weighted by Crippen LogP contribution is 2.63. The lowest BCUT2D eigenvalue weighted by Gasteiger charge is -2.15. The summed E-state index contributed by atoms with van der Waals surface area (Å²) in [6, 6.07) is 3.76. The minimum atomic E-state index is -0.765. The number of carboxylic acids is 1. The van der Waals surface area contributed by atoms with E-state index in [1.54, 1.807) is 6.20 Å². The van der Waals surface area contributed by atoms with Crippen LogP contribution in [0.15, 0.2) is 18.3 Å². The maximum atomic E-state index is 11.4. The first-order valence-corrected chi connectivity index (χ1v) is 5.07. The Bertz CT molecular complexity index is 425. The zero-order valence-electron chi connectivity index (χ0n) is 9.24. The van der Waals surface area contributed by atoms with E-state index in [1.165, 1.54) is 0 Å². The van der Waals surface area contributed by atoms with Crippen LogP contribution in [0.5, 0.6) is 0 Å². The molecule has 1 heterocycles. The van der Waals surface area contributed by atoms with Crippen LogP contribution in [0.3, 0.4) is 0 Å².